The number of pyridine rings is 1. The number of rotatable bonds is 5. The second kappa shape index (κ2) is 5.74. The van der Waals surface area contributed by atoms with E-state index in [1.165, 1.54) is 11.3 Å². The molecule has 0 saturated heterocycles. The molecule has 0 aliphatic carbocycles. The first-order valence-electron chi connectivity index (χ1n) is 6.13. The minimum Gasteiger partial charge on any atom is -0.350 e. The summed E-state index contributed by atoms with van der Waals surface area (Å²) >= 11 is 1.45. The lowest BCUT2D eigenvalue weighted by Gasteiger charge is -2.03. The molecule has 0 saturated carbocycles. The first kappa shape index (κ1) is 12.7. The lowest BCUT2D eigenvalue weighted by atomic mass is 10.3. The molecular weight excluding hydrogens is 276 g/mol. The molecule has 1 amide bonds. The van der Waals surface area contributed by atoms with Crippen molar-refractivity contribution in [2.75, 3.05) is 0 Å². The van der Waals surface area contributed by atoms with E-state index in [2.05, 4.69) is 25.6 Å². The Morgan fingerprint density at radius 3 is 3.15 bits per heavy atom. The molecule has 0 aliphatic rings. The van der Waals surface area contributed by atoms with Gasteiger partial charge in [0, 0.05) is 19.0 Å². The lowest BCUT2D eigenvalue weighted by molar-refractivity contribution is -0.121. The van der Waals surface area contributed by atoms with Gasteiger partial charge in [-0.2, -0.15) is 9.61 Å². The molecular formula is C12H12N6OS. The molecule has 0 spiro atoms. The standard InChI is InChI=1S/C12H12N6OS/c19-10(14-7-9-3-1-2-6-13-9)4-5-11-17-18-8-15-16-12(18)20-11/h1-3,6,8H,4-5,7H2,(H,14,19). The van der Waals surface area contributed by atoms with Crippen LogP contribution in [0.3, 0.4) is 0 Å². The van der Waals surface area contributed by atoms with Crippen LogP contribution in [0.25, 0.3) is 4.96 Å². The summed E-state index contributed by atoms with van der Waals surface area (Å²) in [6, 6.07) is 5.62. The first-order valence-corrected chi connectivity index (χ1v) is 6.95. The summed E-state index contributed by atoms with van der Waals surface area (Å²) in [4.78, 5) is 16.6. The van der Waals surface area contributed by atoms with Gasteiger partial charge in [-0.25, -0.2) is 0 Å². The molecule has 20 heavy (non-hydrogen) atoms. The summed E-state index contributed by atoms with van der Waals surface area (Å²) in [5.74, 6) is -0.0124. The van der Waals surface area contributed by atoms with Gasteiger partial charge in [0.1, 0.15) is 11.3 Å². The third-order valence-electron chi connectivity index (χ3n) is 2.69. The maximum Gasteiger partial charge on any atom is 0.234 e. The monoisotopic (exact) mass is 288 g/mol. The van der Waals surface area contributed by atoms with Crippen LogP contribution in [0.2, 0.25) is 0 Å². The van der Waals surface area contributed by atoms with Crippen LogP contribution < -0.4 is 5.32 Å². The van der Waals surface area contributed by atoms with E-state index in [-0.39, 0.29) is 5.91 Å². The fourth-order valence-electron chi connectivity index (χ4n) is 1.70. The molecule has 0 atom stereocenters. The van der Waals surface area contributed by atoms with Gasteiger partial charge in [0.15, 0.2) is 0 Å². The van der Waals surface area contributed by atoms with Crippen molar-refractivity contribution in [3.63, 3.8) is 0 Å². The Hall–Kier alpha value is -2.35. The summed E-state index contributed by atoms with van der Waals surface area (Å²) in [6.45, 7) is 0.449. The van der Waals surface area contributed by atoms with Gasteiger partial charge in [-0.1, -0.05) is 17.4 Å². The Balaban J connectivity index is 1.48. The molecule has 0 unspecified atom stereocenters. The zero-order valence-corrected chi connectivity index (χ0v) is 11.4. The van der Waals surface area contributed by atoms with E-state index < -0.39 is 0 Å². The third kappa shape index (κ3) is 2.97. The molecule has 3 aromatic heterocycles. The van der Waals surface area contributed by atoms with Crippen LogP contribution in [0.5, 0.6) is 0 Å². The molecule has 102 valence electrons. The number of hydrogen-bond acceptors (Lipinski definition) is 6. The van der Waals surface area contributed by atoms with Crippen molar-refractivity contribution in [2.24, 2.45) is 0 Å². The fraction of sp³-hybridized carbons (Fsp3) is 0.250. The SMILES string of the molecule is O=C(CCc1nn2cnnc2s1)NCc1ccccn1. The number of carbonyl (C=O) groups excluding carboxylic acids is 1. The van der Waals surface area contributed by atoms with Gasteiger partial charge in [0.05, 0.1) is 12.2 Å². The number of amides is 1. The zero-order chi connectivity index (χ0) is 13.8. The van der Waals surface area contributed by atoms with Crippen molar-refractivity contribution in [1.29, 1.82) is 0 Å². The predicted octanol–water partition coefficient (Wildman–Crippen LogP) is 0.830. The predicted molar refractivity (Wildman–Crippen MR) is 73.1 cm³/mol. The minimum atomic E-state index is -0.0124. The second-order valence-electron chi connectivity index (χ2n) is 4.15. The van der Waals surface area contributed by atoms with Crippen molar-refractivity contribution in [2.45, 2.75) is 19.4 Å². The second-order valence-corrected chi connectivity index (χ2v) is 5.19. The Morgan fingerprint density at radius 1 is 1.40 bits per heavy atom. The van der Waals surface area contributed by atoms with E-state index in [4.69, 9.17) is 0 Å². The van der Waals surface area contributed by atoms with Gasteiger partial charge in [-0.05, 0) is 12.1 Å². The maximum atomic E-state index is 11.7. The van der Waals surface area contributed by atoms with Crippen molar-refractivity contribution in [3.8, 4) is 0 Å². The van der Waals surface area contributed by atoms with Crippen LogP contribution in [-0.4, -0.2) is 30.7 Å². The van der Waals surface area contributed by atoms with Crippen molar-refractivity contribution < 1.29 is 4.79 Å². The number of nitrogens with zero attached hydrogens (tertiary/aromatic N) is 5. The van der Waals surface area contributed by atoms with Gasteiger partial charge in [0.2, 0.25) is 10.9 Å². The van der Waals surface area contributed by atoms with E-state index >= 15 is 0 Å². The highest BCUT2D eigenvalue weighted by atomic mass is 32.1. The number of fused-ring (bicyclic) bond motifs is 1. The van der Waals surface area contributed by atoms with Gasteiger partial charge >= 0.3 is 0 Å². The first-order chi connectivity index (χ1) is 9.81. The van der Waals surface area contributed by atoms with Crippen LogP contribution in [0.4, 0.5) is 0 Å². The highest BCUT2D eigenvalue weighted by molar-refractivity contribution is 7.16. The van der Waals surface area contributed by atoms with Gasteiger partial charge in [-0.3, -0.25) is 9.78 Å². The van der Waals surface area contributed by atoms with Crippen molar-refractivity contribution in [3.05, 3.63) is 41.4 Å². The van der Waals surface area contributed by atoms with Gasteiger partial charge in [0.25, 0.3) is 0 Å². The molecule has 0 radical (unpaired) electrons. The Labute approximate surface area is 118 Å². The molecule has 0 bridgehead atoms. The zero-order valence-electron chi connectivity index (χ0n) is 10.6. The average molecular weight is 288 g/mol. The molecule has 3 rings (SSSR count). The minimum absolute atomic E-state index is 0.0124. The number of nitrogens with one attached hydrogen (secondary N) is 1. The van der Waals surface area contributed by atoms with Crippen LogP contribution in [0.1, 0.15) is 17.1 Å². The van der Waals surface area contributed by atoms with Crippen LogP contribution >= 0.6 is 11.3 Å². The number of hydrogen-bond donors (Lipinski definition) is 1. The van der Waals surface area contributed by atoms with Crippen molar-refractivity contribution in [1.82, 2.24) is 30.1 Å². The average Bonchev–Trinajstić information content (AvgIpc) is 3.05. The summed E-state index contributed by atoms with van der Waals surface area (Å²) in [5.41, 5.74) is 0.847. The molecule has 1 N–H and O–H groups in total. The van der Waals surface area contributed by atoms with E-state index in [9.17, 15) is 4.79 Å². The number of carbonyl (C=O) groups is 1. The quantitative estimate of drug-likeness (QED) is 0.751. The van der Waals surface area contributed by atoms with Crippen LogP contribution in [0.15, 0.2) is 30.7 Å². The van der Waals surface area contributed by atoms with Crippen LogP contribution in [-0.2, 0) is 17.8 Å². The molecule has 7 nitrogen and oxygen atoms in total. The summed E-state index contributed by atoms with van der Waals surface area (Å²) in [6.07, 6.45) is 4.26. The summed E-state index contributed by atoms with van der Waals surface area (Å²) in [7, 11) is 0. The summed E-state index contributed by atoms with van der Waals surface area (Å²) < 4.78 is 1.62. The molecule has 0 aromatic carbocycles. The largest absolute Gasteiger partial charge is 0.350 e. The van der Waals surface area contributed by atoms with Gasteiger partial charge in [-0.15, -0.1) is 10.2 Å². The maximum absolute atomic E-state index is 11.7. The lowest BCUT2D eigenvalue weighted by Crippen LogP contribution is -2.23. The smallest absolute Gasteiger partial charge is 0.234 e. The highest BCUT2D eigenvalue weighted by Crippen LogP contribution is 2.13. The van der Waals surface area contributed by atoms with E-state index in [1.807, 2.05) is 18.2 Å². The Kier molecular flexibility index (Phi) is 3.64. The van der Waals surface area contributed by atoms with E-state index in [1.54, 1.807) is 17.0 Å². The van der Waals surface area contributed by atoms with E-state index in [0.29, 0.717) is 19.4 Å². The highest BCUT2D eigenvalue weighted by Gasteiger charge is 2.08. The summed E-state index contributed by atoms with van der Waals surface area (Å²) in [5, 5.41) is 15.6. The van der Waals surface area contributed by atoms with Crippen LogP contribution in [0, 0.1) is 0 Å². The van der Waals surface area contributed by atoms with Gasteiger partial charge < -0.3 is 5.32 Å². The fourth-order valence-corrected chi connectivity index (χ4v) is 2.52. The molecule has 8 heteroatoms. The molecule has 3 aromatic rings. The Bertz CT molecular complexity index is 678. The number of aryl methyl sites for hydroxylation is 1. The topological polar surface area (TPSA) is 85.1 Å². The normalized spacial score (nSPS) is 10.8. The Morgan fingerprint density at radius 2 is 2.35 bits per heavy atom. The van der Waals surface area contributed by atoms with Crippen molar-refractivity contribution >= 4 is 22.2 Å². The molecule has 0 aliphatic heterocycles. The third-order valence-corrected chi connectivity index (χ3v) is 3.66. The number of aromatic nitrogens is 5. The molecule has 0 fully saturated rings. The molecule has 3 heterocycles. The van der Waals surface area contributed by atoms with E-state index in [0.717, 1.165) is 15.7 Å².